The van der Waals surface area contributed by atoms with E-state index < -0.39 is 6.10 Å². The minimum absolute atomic E-state index is 0.143. The molecule has 0 fully saturated rings. The minimum atomic E-state index is -0.453. The Morgan fingerprint density at radius 1 is 1.54 bits per heavy atom. The van der Waals surface area contributed by atoms with Crippen molar-refractivity contribution >= 4 is 5.91 Å². The molecule has 0 aromatic carbocycles. The van der Waals surface area contributed by atoms with E-state index in [2.05, 4.69) is 5.32 Å². The van der Waals surface area contributed by atoms with Gasteiger partial charge in [0.15, 0.2) is 0 Å². The van der Waals surface area contributed by atoms with Crippen LogP contribution in [-0.2, 0) is 14.3 Å². The van der Waals surface area contributed by atoms with Crippen LogP contribution in [0.5, 0.6) is 0 Å². The van der Waals surface area contributed by atoms with Crippen molar-refractivity contribution < 1.29 is 14.3 Å². The molecule has 0 aliphatic heterocycles. The molecule has 2 atom stereocenters. The summed E-state index contributed by atoms with van der Waals surface area (Å²) in [5.74, 6) is -0.171. The van der Waals surface area contributed by atoms with Crippen LogP contribution in [0.25, 0.3) is 0 Å². The highest BCUT2D eigenvalue weighted by molar-refractivity contribution is 5.80. The summed E-state index contributed by atoms with van der Waals surface area (Å²) < 4.78 is 9.72. The van der Waals surface area contributed by atoms with Crippen LogP contribution in [-0.4, -0.2) is 45.4 Å². The van der Waals surface area contributed by atoms with Crippen molar-refractivity contribution in [1.82, 2.24) is 5.32 Å². The van der Waals surface area contributed by atoms with Crippen LogP contribution < -0.4 is 11.1 Å². The summed E-state index contributed by atoms with van der Waals surface area (Å²) in [7, 11) is 3.05. The number of nitrogens with one attached hydrogen (secondary N) is 1. The number of carbonyl (C=O) groups excluding carboxylic acids is 1. The summed E-state index contributed by atoms with van der Waals surface area (Å²) >= 11 is 0. The molecule has 5 heteroatoms. The number of hydrogen-bond acceptors (Lipinski definition) is 4. The molecular weight excluding hydrogens is 172 g/mol. The maximum Gasteiger partial charge on any atom is 0.249 e. The van der Waals surface area contributed by atoms with Crippen LogP contribution in [0, 0.1) is 0 Å². The first kappa shape index (κ1) is 12.3. The van der Waals surface area contributed by atoms with E-state index in [1.54, 1.807) is 14.0 Å². The Morgan fingerprint density at radius 2 is 2.15 bits per heavy atom. The summed E-state index contributed by atoms with van der Waals surface area (Å²) in [5.41, 5.74) is 5.41. The Labute approximate surface area is 78.6 Å². The van der Waals surface area contributed by atoms with Gasteiger partial charge < -0.3 is 20.5 Å². The summed E-state index contributed by atoms with van der Waals surface area (Å²) in [6.07, 6.45) is -0.453. The summed E-state index contributed by atoms with van der Waals surface area (Å²) in [6, 6.07) is -0.143. The molecule has 13 heavy (non-hydrogen) atoms. The topological polar surface area (TPSA) is 73.6 Å². The first-order valence-corrected chi connectivity index (χ1v) is 4.17. The highest BCUT2D eigenvalue weighted by Gasteiger charge is 2.15. The van der Waals surface area contributed by atoms with Crippen LogP contribution in [0.3, 0.4) is 0 Å². The van der Waals surface area contributed by atoms with Gasteiger partial charge in [-0.15, -0.1) is 0 Å². The van der Waals surface area contributed by atoms with Crippen LogP contribution in [0.1, 0.15) is 6.92 Å². The van der Waals surface area contributed by atoms with Gasteiger partial charge in [-0.1, -0.05) is 0 Å². The number of hydrogen-bond donors (Lipinski definition) is 2. The molecule has 0 bridgehead atoms. The van der Waals surface area contributed by atoms with Gasteiger partial charge in [0.1, 0.15) is 6.10 Å². The maximum atomic E-state index is 11.3. The molecule has 0 saturated heterocycles. The lowest BCUT2D eigenvalue weighted by molar-refractivity contribution is -0.131. The van der Waals surface area contributed by atoms with Crippen LogP contribution in [0.4, 0.5) is 0 Å². The summed E-state index contributed by atoms with van der Waals surface area (Å²) in [4.78, 5) is 11.3. The maximum absolute atomic E-state index is 11.3. The van der Waals surface area contributed by atoms with E-state index >= 15 is 0 Å². The Bertz CT molecular complexity index is 152. The quantitative estimate of drug-likeness (QED) is 0.570. The number of carbonyl (C=O) groups is 1. The normalized spacial score (nSPS) is 15.1. The minimum Gasteiger partial charge on any atom is -0.383 e. The van der Waals surface area contributed by atoms with E-state index in [1.165, 1.54) is 7.11 Å². The number of rotatable bonds is 6. The molecule has 0 heterocycles. The van der Waals surface area contributed by atoms with Crippen molar-refractivity contribution in [2.75, 3.05) is 27.4 Å². The third-order valence-electron chi connectivity index (χ3n) is 1.72. The van der Waals surface area contributed by atoms with Crippen molar-refractivity contribution in [1.29, 1.82) is 0 Å². The van der Waals surface area contributed by atoms with Crippen molar-refractivity contribution in [2.45, 2.75) is 19.1 Å². The van der Waals surface area contributed by atoms with Gasteiger partial charge >= 0.3 is 0 Å². The molecule has 5 nitrogen and oxygen atoms in total. The molecule has 0 spiro atoms. The average molecular weight is 190 g/mol. The predicted molar refractivity (Wildman–Crippen MR) is 49.3 cm³/mol. The van der Waals surface area contributed by atoms with Crippen molar-refractivity contribution in [2.24, 2.45) is 5.73 Å². The molecule has 0 aromatic heterocycles. The van der Waals surface area contributed by atoms with Crippen molar-refractivity contribution in [3.05, 3.63) is 0 Å². The van der Waals surface area contributed by atoms with Gasteiger partial charge in [0.25, 0.3) is 0 Å². The van der Waals surface area contributed by atoms with E-state index in [0.29, 0.717) is 13.2 Å². The standard InChI is InChI=1S/C8H18N2O3/c1-6(13-3)8(11)10-7(4-9)5-12-2/h6-7H,4-5,9H2,1-3H3,(H,10,11). The summed E-state index contributed by atoms with van der Waals surface area (Å²) in [6.45, 7) is 2.45. The Kier molecular flexibility index (Phi) is 6.48. The zero-order chi connectivity index (χ0) is 10.3. The Balaban J connectivity index is 3.85. The van der Waals surface area contributed by atoms with Gasteiger partial charge in [-0.25, -0.2) is 0 Å². The van der Waals surface area contributed by atoms with E-state index in [0.717, 1.165) is 0 Å². The van der Waals surface area contributed by atoms with Crippen molar-refractivity contribution in [3.8, 4) is 0 Å². The Hall–Kier alpha value is -0.650. The largest absolute Gasteiger partial charge is 0.383 e. The van der Waals surface area contributed by atoms with Gasteiger partial charge in [-0.05, 0) is 6.92 Å². The van der Waals surface area contributed by atoms with Gasteiger partial charge in [-0.2, -0.15) is 0 Å². The predicted octanol–water partition coefficient (Wildman–Crippen LogP) is -0.889. The fourth-order valence-corrected chi connectivity index (χ4v) is 0.795. The van der Waals surface area contributed by atoms with Crippen molar-refractivity contribution in [3.63, 3.8) is 0 Å². The second-order valence-corrected chi connectivity index (χ2v) is 2.77. The molecule has 0 aliphatic carbocycles. The number of ether oxygens (including phenoxy) is 2. The monoisotopic (exact) mass is 190 g/mol. The lowest BCUT2D eigenvalue weighted by atomic mass is 10.3. The van der Waals surface area contributed by atoms with Crippen LogP contribution in [0.2, 0.25) is 0 Å². The average Bonchev–Trinajstić information content (AvgIpc) is 2.15. The zero-order valence-electron chi connectivity index (χ0n) is 8.37. The van der Waals surface area contributed by atoms with Gasteiger partial charge in [0, 0.05) is 20.8 Å². The molecule has 1 amide bonds. The molecular formula is C8H18N2O3. The van der Waals surface area contributed by atoms with E-state index in [4.69, 9.17) is 15.2 Å². The van der Waals surface area contributed by atoms with Gasteiger partial charge in [-0.3, -0.25) is 4.79 Å². The molecule has 3 N–H and O–H groups in total. The lowest BCUT2D eigenvalue weighted by Gasteiger charge is -2.18. The first-order valence-electron chi connectivity index (χ1n) is 4.17. The highest BCUT2D eigenvalue weighted by atomic mass is 16.5. The molecule has 0 saturated carbocycles. The van der Waals surface area contributed by atoms with E-state index in [9.17, 15) is 4.79 Å². The molecule has 2 unspecified atom stereocenters. The molecule has 0 radical (unpaired) electrons. The second kappa shape index (κ2) is 6.82. The molecule has 0 aliphatic rings. The first-order chi connectivity index (χ1) is 6.15. The summed E-state index contributed by atoms with van der Waals surface area (Å²) in [5, 5.41) is 2.70. The number of nitrogens with two attached hydrogens (primary N) is 1. The molecule has 0 aromatic rings. The van der Waals surface area contributed by atoms with Gasteiger partial charge in [0.2, 0.25) is 5.91 Å². The zero-order valence-corrected chi connectivity index (χ0v) is 8.37. The lowest BCUT2D eigenvalue weighted by Crippen LogP contribution is -2.46. The number of methoxy groups -OCH3 is 2. The van der Waals surface area contributed by atoms with E-state index in [-0.39, 0.29) is 11.9 Å². The number of amides is 1. The Morgan fingerprint density at radius 3 is 2.54 bits per heavy atom. The SMILES string of the molecule is COCC(CN)NC(=O)C(C)OC. The van der Waals surface area contributed by atoms with E-state index in [1.807, 2.05) is 0 Å². The third-order valence-corrected chi connectivity index (χ3v) is 1.72. The molecule has 78 valence electrons. The highest BCUT2D eigenvalue weighted by Crippen LogP contribution is 1.89. The molecule has 0 rings (SSSR count). The fourth-order valence-electron chi connectivity index (χ4n) is 0.795. The second-order valence-electron chi connectivity index (χ2n) is 2.77. The van der Waals surface area contributed by atoms with Crippen LogP contribution >= 0.6 is 0 Å². The van der Waals surface area contributed by atoms with Crippen LogP contribution in [0.15, 0.2) is 0 Å². The van der Waals surface area contributed by atoms with Gasteiger partial charge in [0.05, 0.1) is 12.6 Å². The third kappa shape index (κ3) is 4.82. The smallest absolute Gasteiger partial charge is 0.249 e. The fraction of sp³-hybridized carbons (Fsp3) is 0.875.